The largest absolute Gasteiger partial charge is 0.252 e. The van der Waals surface area contributed by atoms with Crippen LogP contribution in [0.25, 0.3) is 12.2 Å². The van der Waals surface area contributed by atoms with Gasteiger partial charge in [0.05, 0.1) is 0 Å². The van der Waals surface area contributed by atoms with Crippen LogP contribution in [0.3, 0.4) is 0 Å². The van der Waals surface area contributed by atoms with Crippen molar-refractivity contribution >= 4 is 12.2 Å². The fourth-order valence-corrected chi connectivity index (χ4v) is 2.01. The molecule has 0 unspecified atom stereocenters. The Balaban J connectivity index is 0.000000254. The average molecular weight is 328 g/mol. The van der Waals surface area contributed by atoms with E-state index in [1.165, 1.54) is 11.1 Å². The van der Waals surface area contributed by atoms with Crippen molar-refractivity contribution in [3.05, 3.63) is 82.9 Å². The summed E-state index contributed by atoms with van der Waals surface area (Å²) in [6, 6.07) is 15.9. The first-order valence-electron chi connectivity index (χ1n) is 7.67. The molecule has 0 aliphatic rings. The van der Waals surface area contributed by atoms with Crippen molar-refractivity contribution in [3.63, 3.8) is 0 Å². The highest BCUT2D eigenvalue weighted by Crippen LogP contribution is 2.07. The summed E-state index contributed by atoms with van der Waals surface area (Å²) in [4.78, 5) is 7.91. The first kappa shape index (κ1) is 19.8. The zero-order chi connectivity index (χ0) is 17.6. The molecule has 2 aromatic carbocycles. The van der Waals surface area contributed by atoms with Crippen LogP contribution < -0.4 is 0 Å². The second-order valence-electron chi connectivity index (χ2n) is 5.13. The lowest BCUT2D eigenvalue weighted by Gasteiger charge is -1.97. The number of allylic oxidation sites excluding steroid dienone is 1. The summed E-state index contributed by atoms with van der Waals surface area (Å²) in [5, 5.41) is 16.2. The molecule has 0 saturated heterocycles. The molecule has 0 radical (unpaired) electrons. The molecule has 0 heterocycles. The van der Waals surface area contributed by atoms with E-state index in [4.69, 9.17) is 10.5 Å². The average Bonchev–Trinajstić information content (AvgIpc) is 2.58. The molecule has 0 aromatic heterocycles. The molecule has 2 rings (SSSR count). The third-order valence-corrected chi connectivity index (χ3v) is 3.09. The lowest BCUT2D eigenvalue weighted by atomic mass is 10.1. The summed E-state index contributed by atoms with van der Waals surface area (Å²) in [5.74, 6) is 0. The minimum atomic E-state index is 0.219. The molecule has 0 bridgehead atoms. The van der Waals surface area contributed by atoms with Crippen LogP contribution in [0.4, 0.5) is 0 Å². The van der Waals surface area contributed by atoms with Crippen molar-refractivity contribution in [1.82, 2.24) is 0 Å². The molecule has 0 saturated carbocycles. The molecule has 2 N–H and O–H groups in total. The van der Waals surface area contributed by atoms with Gasteiger partial charge in [-0.25, -0.2) is 9.78 Å². The van der Waals surface area contributed by atoms with Crippen LogP contribution >= 0.6 is 0 Å². The number of rotatable bonds is 6. The maximum absolute atomic E-state index is 8.11. The molecule has 0 spiro atoms. The van der Waals surface area contributed by atoms with E-state index in [1.807, 2.05) is 80.6 Å². The van der Waals surface area contributed by atoms with E-state index in [2.05, 4.69) is 9.78 Å². The summed E-state index contributed by atoms with van der Waals surface area (Å²) < 4.78 is 0. The number of hydrogen-bond donors (Lipinski definition) is 2. The monoisotopic (exact) mass is 328 g/mol. The van der Waals surface area contributed by atoms with E-state index in [-0.39, 0.29) is 13.2 Å². The molecule has 4 heteroatoms. The topological polar surface area (TPSA) is 58.9 Å². The van der Waals surface area contributed by atoms with Crippen LogP contribution in [0.1, 0.15) is 29.2 Å². The lowest BCUT2D eigenvalue weighted by Crippen LogP contribution is -1.87. The number of aryl methyl sites for hydroxylation is 1. The third-order valence-electron chi connectivity index (χ3n) is 3.09. The third kappa shape index (κ3) is 8.41. The standard InChI is InChI=1S/C12H14O2.C8H10O2/c1-2-4-11-6-8-12(9-7-11)5-3-10-14-13;1-7-3-2-4-8(5-7)6-10-9/h2-9,13H,10H2,1H3;2-5,9H,6H2,1H3/b4-2+,5-3+;. The van der Waals surface area contributed by atoms with Gasteiger partial charge >= 0.3 is 0 Å². The molecule has 0 aliphatic heterocycles. The summed E-state index contributed by atoms with van der Waals surface area (Å²) in [6.45, 7) is 4.48. The smallest absolute Gasteiger partial charge is 0.107 e. The van der Waals surface area contributed by atoms with Gasteiger partial charge in [-0.1, -0.05) is 78.4 Å². The summed E-state index contributed by atoms with van der Waals surface area (Å²) in [7, 11) is 0. The molecule has 128 valence electrons. The van der Waals surface area contributed by atoms with E-state index in [9.17, 15) is 0 Å². The van der Waals surface area contributed by atoms with Gasteiger partial charge in [0.1, 0.15) is 13.2 Å². The Morgan fingerprint density at radius 2 is 1.58 bits per heavy atom. The zero-order valence-corrected chi connectivity index (χ0v) is 14.1. The van der Waals surface area contributed by atoms with Crippen molar-refractivity contribution in [3.8, 4) is 0 Å². The summed E-state index contributed by atoms with van der Waals surface area (Å²) >= 11 is 0. The summed E-state index contributed by atoms with van der Waals surface area (Å²) in [5.41, 5.74) is 4.44. The van der Waals surface area contributed by atoms with Crippen LogP contribution in [0, 0.1) is 6.92 Å². The van der Waals surface area contributed by atoms with Crippen molar-refractivity contribution in [1.29, 1.82) is 0 Å². The van der Waals surface area contributed by atoms with Gasteiger partial charge in [0.2, 0.25) is 0 Å². The van der Waals surface area contributed by atoms with Crippen molar-refractivity contribution in [2.45, 2.75) is 20.5 Å². The van der Waals surface area contributed by atoms with E-state index in [0.717, 1.165) is 11.1 Å². The molecule has 0 atom stereocenters. The predicted octanol–water partition coefficient (Wildman–Crippen LogP) is 5.21. The van der Waals surface area contributed by atoms with Gasteiger partial charge in [0.15, 0.2) is 0 Å². The zero-order valence-electron chi connectivity index (χ0n) is 14.1. The van der Waals surface area contributed by atoms with Gasteiger partial charge < -0.3 is 0 Å². The maximum atomic E-state index is 8.11. The molecular formula is C20H24O4. The van der Waals surface area contributed by atoms with Crippen molar-refractivity contribution in [2.24, 2.45) is 0 Å². The Bertz CT molecular complexity index is 630. The van der Waals surface area contributed by atoms with Crippen molar-refractivity contribution in [2.75, 3.05) is 6.61 Å². The first-order valence-corrected chi connectivity index (χ1v) is 7.67. The fraction of sp³-hybridized carbons (Fsp3) is 0.200. The van der Waals surface area contributed by atoms with Gasteiger partial charge in [0.25, 0.3) is 0 Å². The highest BCUT2D eigenvalue weighted by atomic mass is 17.1. The Hall–Kier alpha value is -2.24. The Labute approximate surface area is 143 Å². The van der Waals surface area contributed by atoms with Crippen LogP contribution in [-0.4, -0.2) is 17.1 Å². The normalized spacial score (nSPS) is 10.8. The molecular weight excluding hydrogens is 304 g/mol. The van der Waals surface area contributed by atoms with Crippen molar-refractivity contribution < 1.29 is 20.3 Å². The maximum Gasteiger partial charge on any atom is 0.107 e. The van der Waals surface area contributed by atoms with Crippen LogP contribution in [-0.2, 0) is 16.4 Å². The minimum Gasteiger partial charge on any atom is -0.252 e. The molecule has 0 amide bonds. The Kier molecular flexibility index (Phi) is 10.1. The fourth-order valence-electron chi connectivity index (χ4n) is 2.01. The van der Waals surface area contributed by atoms with Crippen LogP contribution in [0.5, 0.6) is 0 Å². The Morgan fingerprint density at radius 1 is 0.917 bits per heavy atom. The second-order valence-corrected chi connectivity index (χ2v) is 5.13. The van der Waals surface area contributed by atoms with Crippen LogP contribution in [0.2, 0.25) is 0 Å². The van der Waals surface area contributed by atoms with E-state index < -0.39 is 0 Å². The number of benzene rings is 2. The Morgan fingerprint density at radius 3 is 2.12 bits per heavy atom. The molecule has 24 heavy (non-hydrogen) atoms. The lowest BCUT2D eigenvalue weighted by molar-refractivity contribution is -0.253. The predicted molar refractivity (Wildman–Crippen MR) is 97.4 cm³/mol. The van der Waals surface area contributed by atoms with Gasteiger partial charge in [-0.2, -0.15) is 0 Å². The van der Waals surface area contributed by atoms with Gasteiger partial charge in [-0.05, 0) is 30.5 Å². The van der Waals surface area contributed by atoms with E-state index in [1.54, 1.807) is 6.08 Å². The summed E-state index contributed by atoms with van der Waals surface area (Å²) in [6.07, 6.45) is 7.70. The van der Waals surface area contributed by atoms with Gasteiger partial charge in [-0.3, -0.25) is 10.5 Å². The molecule has 4 nitrogen and oxygen atoms in total. The van der Waals surface area contributed by atoms with Gasteiger partial charge in [-0.15, -0.1) is 0 Å². The van der Waals surface area contributed by atoms with Crippen LogP contribution in [0.15, 0.2) is 60.7 Å². The molecule has 2 aromatic rings. The van der Waals surface area contributed by atoms with E-state index in [0.29, 0.717) is 0 Å². The minimum absolute atomic E-state index is 0.219. The van der Waals surface area contributed by atoms with E-state index >= 15 is 0 Å². The SMILES string of the molecule is C/C=C/c1ccc(/C=C/COO)cc1.Cc1cccc(COO)c1. The number of hydrogen-bond acceptors (Lipinski definition) is 4. The second kappa shape index (κ2) is 12.2. The molecule has 0 aliphatic carbocycles. The first-order chi connectivity index (χ1) is 11.7. The molecule has 0 fully saturated rings. The highest BCUT2D eigenvalue weighted by Gasteiger charge is 1.90. The van der Waals surface area contributed by atoms with Gasteiger partial charge in [0, 0.05) is 0 Å². The quantitative estimate of drug-likeness (QED) is 0.565. The highest BCUT2D eigenvalue weighted by molar-refractivity contribution is 5.55.